The third-order valence-electron chi connectivity index (χ3n) is 3.14. The molecule has 6 heteroatoms. The molecule has 0 atom stereocenters. The van der Waals surface area contributed by atoms with Gasteiger partial charge in [-0.15, -0.1) is 11.8 Å². The number of carbonyl (C=O) groups excluding carboxylic acids is 1. The Bertz CT molecular complexity index is 395. The van der Waals surface area contributed by atoms with Gasteiger partial charge >= 0.3 is 7.12 Å². The second-order valence-electron chi connectivity index (χ2n) is 4.96. The maximum absolute atomic E-state index is 10.6. The quantitative estimate of drug-likeness (QED) is 0.250. The average Bonchev–Trinajstić information content (AvgIpc) is 2.49. The van der Waals surface area contributed by atoms with Gasteiger partial charge in [0, 0.05) is 24.2 Å². The van der Waals surface area contributed by atoms with Gasteiger partial charge in [0.25, 0.3) is 0 Å². The Morgan fingerprint density at radius 1 is 1.23 bits per heavy atom. The summed E-state index contributed by atoms with van der Waals surface area (Å²) in [6, 6.07) is 0. The molecular formula is C16H28BNO3S. The summed E-state index contributed by atoms with van der Waals surface area (Å²) in [5, 5.41) is 17.6. The Hall–Kier alpha value is -0.975. The van der Waals surface area contributed by atoms with Crippen LogP contribution in [-0.4, -0.2) is 47.7 Å². The van der Waals surface area contributed by atoms with Gasteiger partial charge in [-0.3, -0.25) is 0 Å². The Balaban J connectivity index is 4.58. The molecule has 0 fully saturated rings. The predicted molar refractivity (Wildman–Crippen MR) is 96.7 cm³/mol. The third kappa shape index (κ3) is 9.87. The minimum atomic E-state index is -1.20. The van der Waals surface area contributed by atoms with E-state index in [1.54, 1.807) is 0 Å². The molecule has 0 spiro atoms. The average molecular weight is 325 g/mol. The first-order valence-corrected chi connectivity index (χ1v) is 8.68. The first kappa shape index (κ1) is 21.0. The molecular weight excluding hydrogens is 297 g/mol. The maximum Gasteiger partial charge on any atom is 0.451 e. The highest BCUT2D eigenvalue weighted by Gasteiger charge is 2.10. The van der Waals surface area contributed by atoms with Crippen molar-refractivity contribution in [2.24, 2.45) is 0 Å². The lowest BCUT2D eigenvalue weighted by Gasteiger charge is -2.24. The summed E-state index contributed by atoms with van der Waals surface area (Å²) in [6.45, 7) is 4.85. The van der Waals surface area contributed by atoms with E-state index in [4.69, 9.17) is 10.0 Å². The summed E-state index contributed by atoms with van der Waals surface area (Å²) < 4.78 is 0. The van der Waals surface area contributed by atoms with Gasteiger partial charge in [0.2, 0.25) is 0 Å². The van der Waals surface area contributed by atoms with Crippen molar-refractivity contribution >= 4 is 25.2 Å². The Labute approximate surface area is 139 Å². The zero-order chi connectivity index (χ0) is 16.8. The molecule has 0 rings (SSSR count). The van der Waals surface area contributed by atoms with Gasteiger partial charge < -0.3 is 19.7 Å². The van der Waals surface area contributed by atoms with E-state index in [2.05, 4.69) is 11.0 Å². The SMILES string of the molecule is C/C=C/C=C(\C(=C/C)SCC=O)N(C)CCCCCB(O)O. The zero-order valence-corrected chi connectivity index (χ0v) is 14.7. The van der Waals surface area contributed by atoms with Gasteiger partial charge in [-0.05, 0) is 32.7 Å². The number of thioether (sulfide) groups is 1. The molecule has 0 radical (unpaired) electrons. The van der Waals surface area contributed by atoms with E-state index in [-0.39, 0.29) is 0 Å². The van der Waals surface area contributed by atoms with Crippen LogP contribution in [0.25, 0.3) is 0 Å². The second kappa shape index (κ2) is 13.7. The number of allylic oxidation sites excluding steroid dienone is 4. The van der Waals surface area contributed by atoms with Crippen molar-refractivity contribution in [3.63, 3.8) is 0 Å². The number of aldehydes is 1. The molecule has 22 heavy (non-hydrogen) atoms. The lowest BCUT2D eigenvalue weighted by atomic mass is 9.83. The first-order valence-electron chi connectivity index (χ1n) is 7.70. The van der Waals surface area contributed by atoms with Gasteiger partial charge in [-0.25, -0.2) is 0 Å². The standard InChI is InChI=1S/C16H28BNO3S/c1-4-6-10-15(16(5-2)22-14-13-19)18(3)12-9-7-8-11-17(20)21/h4-6,10,13,20-21H,7-9,11-12,14H2,1-3H3/b6-4+,15-10+,16-5+. The number of likely N-dealkylation sites (N-methyl/N-ethyl adjacent to an activating group) is 1. The summed E-state index contributed by atoms with van der Waals surface area (Å²) in [5.41, 5.74) is 1.11. The monoisotopic (exact) mass is 325 g/mol. The molecule has 2 N–H and O–H groups in total. The highest BCUT2D eigenvalue weighted by molar-refractivity contribution is 8.03. The smallest absolute Gasteiger partial charge is 0.427 e. The Morgan fingerprint density at radius 3 is 2.50 bits per heavy atom. The zero-order valence-electron chi connectivity index (χ0n) is 13.9. The van der Waals surface area contributed by atoms with Crippen molar-refractivity contribution in [2.45, 2.75) is 39.4 Å². The van der Waals surface area contributed by atoms with E-state index in [0.29, 0.717) is 12.1 Å². The predicted octanol–water partition coefficient (Wildman–Crippen LogP) is 2.86. The third-order valence-corrected chi connectivity index (χ3v) is 4.19. The molecule has 124 valence electrons. The van der Waals surface area contributed by atoms with E-state index in [9.17, 15) is 4.79 Å². The lowest BCUT2D eigenvalue weighted by molar-refractivity contribution is -0.105. The molecule has 0 heterocycles. The summed E-state index contributed by atoms with van der Waals surface area (Å²) in [6.07, 6.45) is 12.2. The van der Waals surface area contributed by atoms with Crippen LogP contribution in [0, 0.1) is 0 Å². The summed E-state index contributed by atoms with van der Waals surface area (Å²) in [7, 11) is 0.846. The largest absolute Gasteiger partial charge is 0.451 e. The molecule has 0 saturated heterocycles. The van der Waals surface area contributed by atoms with Crippen LogP contribution in [0.2, 0.25) is 6.32 Å². The number of hydrogen-bond donors (Lipinski definition) is 2. The summed E-state index contributed by atoms with van der Waals surface area (Å²) in [5.74, 6) is 0.453. The van der Waals surface area contributed by atoms with Crippen molar-refractivity contribution < 1.29 is 14.8 Å². The van der Waals surface area contributed by atoms with Crippen LogP contribution in [-0.2, 0) is 4.79 Å². The van der Waals surface area contributed by atoms with Crippen molar-refractivity contribution in [2.75, 3.05) is 19.3 Å². The molecule has 0 aliphatic carbocycles. The molecule has 4 nitrogen and oxygen atoms in total. The van der Waals surface area contributed by atoms with Gasteiger partial charge in [-0.1, -0.05) is 31.1 Å². The minimum absolute atomic E-state index is 0.431. The lowest BCUT2D eigenvalue weighted by Crippen LogP contribution is -2.20. The number of carbonyl (C=O) groups is 1. The van der Waals surface area contributed by atoms with Crippen LogP contribution >= 0.6 is 11.8 Å². The Morgan fingerprint density at radius 2 is 1.95 bits per heavy atom. The van der Waals surface area contributed by atoms with E-state index >= 15 is 0 Å². The normalized spacial score (nSPS) is 12.8. The molecule has 0 aromatic rings. The first-order chi connectivity index (χ1) is 10.6. The summed E-state index contributed by atoms with van der Waals surface area (Å²) >= 11 is 1.54. The maximum atomic E-state index is 10.6. The van der Waals surface area contributed by atoms with E-state index in [1.165, 1.54) is 11.8 Å². The minimum Gasteiger partial charge on any atom is -0.427 e. The van der Waals surface area contributed by atoms with Gasteiger partial charge in [0.15, 0.2) is 0 Å². The fourth-order valence-electron chi connectivity index (χ4n) is 1.99. The van der Waals surface area contributed by atoms with Gasteiger partial charge in [0.05, 0.1) is 5.75 Å². The molecule has 0 aliphatic heterocycles. The highest BCUT2D eigenvalue weighted by Crippen LogP contribution is 2.26. The molecule has 0 saturated carbocycles. The van der Waals surface area contributed by atoms with E-state index in [0.717, 1.165) is 42.7 Å². The van der Waals surface area contributed by atoms with Crippen LogP contribution in [0.15, 0.2) is 34.9 Å². The van der Waals surface area contributed by atoms with Crippen LogP contribution in [0.5, 0.6) is 0 Å². The van der Waals surface area contributed by atoms with Gasteiger partial charge in [0.1, 0.15) is 6.29 Å². The van der Waals surface area contributed by atoms with Crippen molar-refractivity contribution in [1.82, 2.24) is 4.90 Å². The molecule has 0 amide bonds. The molecule has 0 aliphatic rings. The van der Waals surface area contributed by atoms with Crippen LogP contribution in [0.1, 0.15) is 33.1 Å². The van der Waals surface area contributed by atoms with Gasteiger partial charge in [-0.2, -0.15) is 0 Å². The number of unbranched alkanes of at least 4 members (excludes halogenated alkanes) is 2. The molecule has 0 unspecified atom stereocenters. The highest BCUT2D eigenvalue weighted by atomic mass is 32.2. The second-order valence-corrected chi connectivity index (χ2v) is 6.02. The molecule has 0 bridgehead atoms. The number of hydrogen-bond acceptors (Lipinski definition) is 5. The number of nitrogens with zero attached hydrogens (tertiary/aromatic N) is 1. The van der Waals surface area contributed by atoms with Crippen molar-refractivity contribution in [3.05, 3.63) is 34.9 Å². The number of rotatable bonds is 12. The van der Waals surface area contributed by atoms with Crippen molar-refractivity contribution in [3.8, 4) is 0 Å². The molecule has 0 aromatic carbocycles. The Kier molecular flexibility index (Phi) is 13.1. The van der Waals surface area contributed by atoms with Crippen molar-refractivity contribution in [1.29, 1.82) is 0 Å². The van der Waals surface area contributed by atoms with E-state index in [1.807, 2.05) is 39.1 Å². The van der Waals surface area contributed by atoms with Crippen LogP contribution in [0.4, 0.5) is 0 Å². The van der Waals surface area contributed by atoms with E-state index < -0.39 is 7.12 Å². The fourth-order valence-corrected chi connectivity index (χ4v) is 2.77. The van der Waals surface area contributed by atoms with Crippen LogP contribution < -0.4 is 0 Å². The fraction of sp³-hybridized carbons (Fsp3) is 0.562. The van der Waals surface area contributed by atoms with Crippen LogP contribution in [0.3, 0.4) is 0 Å². The molecule has 0 aromatic heterocycles. The topological polar surface area (TPSA) is 60.8 Å². The summed E-state index contributed by atoms with van der Waals surface area (Å²) in [4.78, 5) is 13.9.